The van der Waals surface area contributed by atoms with Crippen LogP contribution in [0.1, 0.15) is 0 Å². The van der Waals surface area contributed by atoms with Gasteiger partial charge in [0.05, 0.1) is 22.1 Å². The molecule has 20 nitrogen and oxygen atoms in total. The fourth-order valence-corrected chi connectivity index (χ4v) is 10.7. The van der Waals surface area contributed by atoms with E-state index in [0.29, 0.717) is 0 Å². The summed E-state index contributed by atoms with van der Waals surface area (Å²) in [7, 11) is -19.9. The number of halogens is 2. The number of hydrogen-bond donors (Lipinski definition) is 8. The number of nitrogens with two attached hydrogens (primary N) is 2. The number of anilines is 2. The lowest BCUT2D eigenvalue weighted by Crippen LogP contribution is -2.05. The van der Waals surface area contributed by atoms with Crippen LogP contribution in [0.4, 0.5) is 34.1 Å². The molecular weight excluding hydrogens is 1070 g/mol. The van der Waals surface area contributed by atoms with E-state index in [2.05, 4.69) is 20.5 Å². The van der Waals surface area contributed by atoms with E-state index >= 15 is 0 Å². The maximum atomic E-state index is 12.6. The number of phenols is 2. The molecule has 0 saturated carbocycles. The number of aromatic hydroxyl groups is 2. The van der Waals surface area contributed by atoms with Crippen LogP contribution in [-0.4, -0.2) is 62.1 Å². The Bertz CT molecular complexity index is 3090. The summed E-state index contributed by atoms with van der Waals surface area (Å²) in [5.74, 6) is -1.30. The SMILES string of the molecule is Nc1ccc(S(=O)(=O)O)c2c(I)cc(/N=N/c3ccc(-c4ccc(/N=N/c5cc(I)c6c(S(=O)(=O)O)ccc(N)c6c5O)cc4S(=O)(=O)O)c(S(=O)(=O)O)c3)c(O)c12. The predicted molar refractivity (Wildman–Crippen MR) is 225 cm³/mol. The summed E-state index contributed by atoms with van der Waals surface area (Å²) in [6.45, 7) is 0. The number of nitrogens with zero attached hydrogens (tertiary/aromatic N) is 4. The van der Waals surface area contributed by atoms with Crippen molar-refractivity contribution in [3.8, 4) is 22.6 Å². The standard InChI is InChI=1S/C32H22I2N6O14S4/c33-17-11-21(31(41)29-19(35)5-7-23(27(17)29)55(43,44)45)39-37-13-1-3-15(25(9-13)57(49,50)51)16-4-2-14(10-26(16)58(52,53)54)38-40-22-12-18(34)28-24(56(46,47)48)8-6-20(36)30(28)32(22)42/h1-12,41-42H,35-36H2,(H,43,44,45)(H,46,47,48)(H,49,50,51)(H,52,53,54)/b39-37+,40-38+. The average molecular weight is 1100 g/mol. The van der Waals surface area contributed by atoms with Gasteiger partial charge >= 0.3 is 0 Å². The molecule has 0 amide bonds. The second-order valence-corrected chi connectivity index (χ2v) is 19.8. The van der Waals surface area contributed by atoms with Crippen LogP contribution in [0.2, 0.25) is 0 Å². The maximum Gasteiger partial charge on any atom is 0.295 e. The molecule has 0 fully saturated rings. The van der Waals surface area contributed by atoms with Gasteiger partial charge in [-0.05, 0) is 106 Å². The van der Waals surface area contributed by atoms with Gasteiger partial charge in [0.2, 0.25) is 0 Å². The number of nitrogen functional groups attached to an aromatic ring is 2. The first-order valence-electron chi connectivity index (χ1n) is 15.3. The molecule has 6 aromatic rings. The molecule has 0 aliphatic rings. The van der Waals surface area contributed by atoms with Crippen LogP contribution in [0.25, 0.3) is 32.7 Å². The van der Waals surface area contributed by atoms with Gasteiger partial charge in [-0.3, -0.25) is 18.2 Å². The van der Waals surface area contributed by atoms with Gasteiger partial charge in [-0.2, -0.15) is 43.9 Å². The van der Waals surface area contributed by atoms with Gasteiger partial charge in [0, 0.05) is 40.4 Å². The third kappa shape index (κ3) is 8.28. The van der Waals surface area contributed by atoms with Crippen LogP contribution in [0.15, 0.2) is 113 Å². The van der Waals surface area contributed by atoms with Crippen molar-refractivity contribution in [3.05, 3.63) is 79.9 Å². The van der Waals surface area contributed by atoms with Gasteiger partial charge in [0.1, 0.15) is 31.0 Å². The van der Waals surface area contributed by atoms with Gasteiger partial charge in [-0.15, -0.1) is 10.2 Å². The molecule has 0 aromatic heterocycles. The Labute approximate surface area is 354 Å². The van der Waals surface area contributed by atoms with Gasteiger partial charge in [0.25, 0.3) is 40.5 Å². The minimum atomic E-state index is -5.18. The van der Waals surface area contributed by atoms with Crippen molar-refractivity contribution in [2.24, 2.45) is 20.5 Å². The number of azo groups is 2. The van der Waals surface area contributed by atoms with Crippen molar-refractivity contribution in [3.63, 3.8) is 0 Å². The van der Waals surface area contributed by atoms with Gasteiger partial charge in [0.15, 0.2) is 11.5 Å². The van der Waals surface area contributed by atoms with Crippen molar-refractivity contribution >= 4 is 141 Å². The number of hydrogen-bond acceptors (Lipinski definition) is 16. The van der Waals surface area contributed by atoms with E-state index in [1.54, 1.807) is 45.2 Å². The molecule has 0 unspecified atom stereocenters. The zero-order valence-corrected chi connectivity index (χ0v) is 35.8. The van der Waals surface area contributed by atoms with E-state index in [0.717, 1.165) is 60.7 Å². The highest BCUT2D eigenvalue weighted by molar-refractivity contribution is 14.1. The van der Waals surface area contributed by atoms with E-state index in [-0.39, 0.29) is 62.8 Å². The average Bonchev–Trinajstić information content (AvgIpc) is 3.11. The molecule has 26 heteroatoms. The highest BCUT2D eigenvalue weighted by Gasteiger charge is 2.26. The van der Waals surface area contributed by atoms with E-state index < -0.39 is 82.7 Å². The Balaban J connectivity index is 1.42. The monoisotopic (exact) mass is 1100 g/mol. The molecule has 6 rings (SSSR count). The van der Waals surface area contributed by atoms with Gasteiger partial charge < -0.3 is 21.7 Å². The first-order chi connectivity index (χ1) is 26.8. The first-order valence-corrected chi connectivity index (χ1v) is 23.2. The van der Waals surface area contributed by atoms with Crippen LogP contribution < -0.4 is 11.5 Å². The van der Waals surface area contributed by atoms with Crippen LogP contribution in [0.5, 0.6) is 11.5 Å². The van der Waals surface area contributed by atoms with E-state index in [1.807, 2.05) is 0 Å². The zero-order chi connectivity index (χ0) is 42.9. The number of rotatable bonds is 9. The fourth-order valence-electron chi connectivity index (χ4n) is 5.78. The van der Waals surface area contributed by atoms with Crippen LogP contribution >= 0.6 is 45.2 Å². The van der Waals surface area contributed by atoms with Crippen molar-refractivity contribution in [1.82, 2.24) is 0 Å². The quantitative estimate of drug-likeness (QED) is 0.0305. The van der Waals surface area contributed by atoms with Crippen LogP contribution in [0, 0.1) is 7.14 Å². The van der Waals surface area contributed by atoms with Crippen LogP contribution in [0.3, 0.4) is 0 Å². The lowest BCUT2D eigenvalue weighted by atomic mass is 10.0. The highest BCUT2D eigenvalue weighted by atomic mass is 127. The largest absolute Gasteiger partial charge is 0.505 e. The van der Waals surface area contributed by atoms with E-state index in [1.165, 1.54) is 12.1 Å². The smallest absolute Gasteiger partial charge is 0.295 e. The zero-order valence-electron chi connectivity index (χ0n) is 28.2. The van der Waals surface area contributed by atoms with Crippen molar-refractivity contribution in [2.75, 3.05) is 11.5 Å². The summed E-state index contributed by atoms with van der Waals surface area (Å²) in [6, 6.07) is 12.7. The van der Waals surface area contributed by atoms with Crippen LogP contribution in [-0.2, 0) is 40.5 Å². The second kappa shape index (κ2) is 15.2. The summed E-state index contributed by atoms with van der Waals surface area (Å²) in [6.07, 6.45) is 0. The molecule has 0 saturated heterocycles. The second-order valence-electron chi connectivity index (χ2n) is 11.9. The summed E-state index contributed by atoms with van der Waals surface area (Å²) in [4.78, 5) is -2.89. The molecule has 0 radical (unpaired) electrons. The Morgan fingerprint density at radius 1 is 0.431 bits per heavy atom. The minimum absolute atomic E-state index is 0.0846. The minimum Gasteiger partial charge on any atom is -0.505 e. The van der Waals surface area contributed by atoms with Crippen molar-refractivity contribution in [1.29, 1.82) is 0 Å². The van der Waals surface area contributed by atoms with E-state index in [4.69, 9.17) is 11.5 Å². The Morgan fingerprint density at radius 3 is 1.07 bits per heavy atom. The van der Waals surface area contributed by atoms with Crippen molar-refractivity contribution < 1.29 is 62.1 Å². The fraction of sp³-hybridized carbons (Fsp3) is 0. The number of fused-ring (bicyclic) bond motifs is 2. The highest BCUT2D eigenvalue weighted by Crippen LogP contribution is 2.46. The Kier molecular flexibility index (Phi) is 11.2. The maximum absolute atomic E-state index is 12.6. The summed E-state index contributed by atoms with van der Waals surface area (Å²) >= 11 is 3.43. The summed E-state index contributed by atoms with van der Waals surface area (Å²) in [5, 5.41) is 36.9. The number of phenolic OH excluding ortho intramolecular Hbond substituents is 2. The Morgan fingerprint density at radius 2 is 0.759 bits per heavy atom. The third-order valence-electron chi connectivity index (χ3n) is 8.24. The first kappa shape index (κ1) is 42.9. The molecule has 0 atom stereocenters. The summed E-state index contributed by atoms with van der Waals surface area (Å²) < 4.78 is 138. The Hall–Kier alpha value is -4.66. The number of benzene rings is 6. The normalized spacial score (nSPS) is 13.0. The molecule has 0 heterocycles. The summed E-state index contributed by atoms with van der Waals surface area (Å²) in [5.41, 5.74) is 9.83. The molecule has 0 aliphatic carbocycles. The van der Waals surface area contributed by atoms with Gasteiger partial charge in [-0.25, -0.2) is 0 Å². The third-order valence-corrected chi connectivity index (χ3v) is 13.5. The van der Waals surface area contributed by atoms with Gasteiger partial charge in [-0.1, -0.05) is 12.1 Å². The topological polar surface area (TPSA) is 359 Å². The molecule has 302 valence electrons. The lowest BCUT2D eigenvalue weighted by molar-refractivity contribution is 0.479. The molecule has 0 aliphatic heterocycles. The molecule has 6 aromatic carbocycles. The molecule has 0 spiro atoms. The molecule has 10 N–H and O–H groups in total. The van der Waals surface area contributed by atoms with Crippen molar-refractivity contribution in [2.45, 2.75) is 19.6 Å². The predicted octanol–water partition coefficient (Wildman–Crippen LogP) is 7.26. The lowest BCUT2D eigenvalue weighted by Gasteiger charge is -2.13. The molecule has 0 bridgehead atoms. The van der Waals surface area contributed by atoms with E-state index in [9.17, 15) is 62.1 Å². The molecular formula is C32H22I2N6O14S4. The molecule has 58 heavy (non-hydrogen) atoms.